The van der Waals surface area contributed by atoms with Crippen molar-refractivity contribution < 1.29 is 8.42 Å². The zero-order valence-electron chi connectivity index (χ0n) is 11.0. The number of rotatable bonds is 3. The molecule has 3 nitrogen and oxygen atoms in total. The van der Waals surface area contributed by atoms with Crippen LogP contribution in [0.5, 0.6) is 0 Å². The summed E-state index contributed by atoms with van der Waals surface area (Å²) in [5.41, 5.74) is 0. The standard InChI is InChI=1S/C13H16BrCl2NO2S/c1-17(13-5-3-2-4-10(13)14)20(18,19)9-6-7-11(15)12(16)8-9/h6-8,10,13H,2-5H2,1H3. The van der Waals surface area contributed by atoms with Crippen LogP contribution in [0, 0.1) is 0 Å². The van der Waals surface area contributed by atoms with Crippen molar-refractivity contribution in [3.63, 3.8) is 0 Å². The van der Waals surface area contributed by atoms with Gasteiger partial charge in [-0.15, -0.1) is 0 Å². The summed E-state index contributed by atoms with van der Waals surface area (Å²) in [6.45, 7) is 0. The summed E-state index contributed by atoms with van der Waals surface area (Å²) in [6, 6.07) is 4.38. The fourth-order valence-electron chi connectivity index (χ4n) is 2.46. The third-order valence-electron chi connectivity index (χ3n) is 3.68. The summed E-state index contributed by atoms with van der Waals surface area (Å²) in [5, 5.41) is 0.601. The molecule has 2 rings (SSSR count). The first-order chi connectivity index (χ1) is 9.34. The molecular weight excluding hydrogens is 385 g/mol. The van der Waals surface area contributed by atoms with Crippen LogP contribution in [-0.4, -0.2) is 30.6 Å². The van der Waals surface area contributed by atoms with Crippen LogP contribution in [0.15, 0.2) is 23.1 Å². The van der Waals surface area contributed by atoms with Crippen molar-refractivity contribution in [2.24, 2.45) is 0 Å². The fourth-order valence-corrected chi connectivity index (χ4v) is 5.37. The summed E-state index contributed by atoms with van der Waals surface area (Å²) in [5.74, 6) is 0. The van der Waals surface area contributed by atoms with E-state index in [4.69, 9.17) is 23.2 Å². The molecule has 0 aliphatic heterocycles. The van der Waals surface area contributed by atoms with Gasteiger partial charge >= 0.3 is 0 Å². The van der Waals surface area contributed by atoms with Crippen LogP contribution in [0.2, 0.25) is 10.0 Å². The minimum atomic E-state index is -3.55. The maximum Gasteiger partial charge on any atom is 0.243 e. The van der Waals surface area contributed by atoms with Crippen molar-refractivity contribution in [3.8, 4) is 0 Å². The fraction of sp³-hybridized carbons (Fsp3) is 0.538. The van der Waals surface area contributed by atoms with Gasteiger partial charge < -0.3 is 0 Å². The van der Waals surface area contributed by atoms with Crippen LogP contribution in [0.25, 0.3) is 0 Å². The highest BCUT2D eigenvalue weighted by Crippen LogP contribution is 2.32. The molecular formula is C13H16BrCl2NO2S. The van der Waals surface area contributed by atoms with Gasteiger partial charge in [0.25, 0.3) is 0 Å². The molecule has 2 unspecified atom stereocenters. The first-order valence-electron chi connectivity index (χ1n) is 6.41. The highest BCUT2D eigenvalue weighted by Gasteiger charge is 2.34. The highest BCUT2D eigenvalue weighted by atomic mass is 79.9. The number of hydrogen-bond donors (Lipinski definition) is 0. The number of sulfonamides is 1. The summed E-state index contributed by atoms with van der Waals surface area (Å²) in [7, 11) is -1.92. The van der Waals surface area contributed by atoms with E-state index in [0.717, 1.165) is 25.7 Å². The van der Waals surface area contributed by atoms with Crippen molar-refractivity contribution in [1.82, 2.24) is 4.31 Å². The molecule has 7 heteroatoms. The molecule has 0 heterocycles. The molecule has 0 amide bonds. The Labute approximate surface area is 138 Å². The number of hydrogen-bond acceptors (Lipinski definition) is 2. The molecule has 1 fully saturated rings. The van der Waals surface area contributed by atoms with E-state index >= 15 is 0 Å². The van der Waals surface area contributed by atoms with E-state index in [9.17, 15) is 8.42 Å². The smallest absolute Gasteiger partial charge is 0.207 e. The van der Waals surface area contributed by atoms with Gasteiger partial charge in [-0.2, -0.15) is 4.31 Å². The maximum atomic E-state index is 12.6. The normalized spacial score (nSPS) is 24.1. The lowest BCUT2D eigenvalue weighted by Crippen LogP contribution is -2.43. The Hall–Kier alpha value is 0.190. The second kappa shape index (κ2) is 6.53. The first kappa shape index (κ1) is 16.6. The van der Waals surface area contributed by atoms with Crippen LogP contribution in [0.4, 0.5) is 0 Å². The quantitative estimate of drug-likeness (QED) is 0.708. The van der Waals surface area contributed by atoms with E-state index in [2.05, 4.69) is 15.9 Å². The van der Waals surface area contributed by atoms with Gasteiger partial charge in [0.05, 0.1) is 14.9 Å². The maximum absolute atomic E-state index is 12.6. The minimum Gasteiger partial charge on any atom is -0.207 e. The average Bonchev–Trinajstić information content (AvgIpc) is 2.41. The van der Waals surface area contributed by atoms with Crippen molar-refractivity contribution in [3.05, 3.63) is 28.2 Å². The Balaban J connectivity index is 2.31. The molecule has 0 aromatic heterocycles. The van der Waals surface area contributed by atoms with Gasteiger partial charge in [0.15, 0.2) is 0 Å². The third kappa shape index (κ3) is 3.33. The van der Waals surface area contributed by atoms with Crippen LogP contribution in [0.1, 0.15) is 25.7 Å². The number of benzene rings is 1. The minimum absolute atomic E-state index is 0.0248. The largest absolute Gasteiger partial charge is 0.243 e. The van der Waals surface area contributed by atoms with E-state index in [1.807, 2.05) is 0 Å². The number of halogens is 3. The molecule has 1 aliphatic rings. The molecule has 0 saturated heterocycles. The zero-order chi connectivity index (χ0) is 14.9. The Bertz CT molecular complexity index is 594. The van der Waals surface area contributed by atoms with E-state index in [1.165, 1.54) is 22.5 Å². The van der Waals surface area contributed by atoms with E-state index in [-0.39, 0.29) is 20.8 Å². The van der Waals surface area contributed by atoms with Gasteiger partial charge in [-0.05, 0) is 31.0 Å². The van der Waals surface area contributed by atoms with E-state index in [0.29, 0.717) is 5.02 Å². The monoisotopic (exact) mass is 399 g/mol. The molecule has 0 N–H and O–H groups in total. The average molecular weight is 401 g/mol. The summed E-state index contributed by atoms with van der Waals surface area (Å²) in [6.07, 6.45) is 4.04. The molecule has 20 heavy (non-hydrogen) atoms. The highest BCUT2D eigenvalue weighted by molar-refractivity contribution is 9.09. The number of alkyl halides is 1. The van der Waals surface area contributed by atoms with Gasteiger partial charge in [-0.25, -0.2) is 8.42 Å². The van der Waals surface area contributed by atoms with Crippen LogP contribution >= 0.6 is 39.1 Å². The molecule has 2 atom stereocenters. The molecule has 112 valence electrons. The Morgan fingerprint density at radius 2 is 1.85 bits per heavy atom. The molecule has 1 saturated carbocycles. The lowest BCUT2D eigenvalue weighted by Gasteiger charge is -2.34. The molecule has 1 aliphatic carbocycles. The third-order valence-corrected chi connectivity index (χ3v) is 7.37. The van der Waals surface area contributed by atoms with Crippen LogP contribution in [0.3, 0.4) is 0 Å². The molecule has 0 bridgehead atoms. The Kier molecular flexibility index (Phi) is 5.40. The topological polar surface area (TPSA) is 37.4 Å². The zero-order valence-corrected chi connectivity index (χ0v) is 14.9. The summed E-state index contributed by atoms with van der Waals surface area (Å²) < 4.78 is 26.7. The molecule has 0 spiro atoms. The van der Waals surface area contributed by atoms with E-state index in [1.54, 1.807) is 7.05 Å². The van der Waals surface area contributed by atoms with Gasteiger partial charge in [0.1, 0.15) is 0 Å². The predicted molar refractivity (Wildman–Crippen MR) is 86.4 cm³/mol. The number of nitrogens with zero attached hydrogens (tertiary/aromatic N) is 1. The van der Waals surface area contributed by atoms with Crippen molar-refractivity contribution in [1.29, 1.82) is 0 Å². The van der Waals surface area contributed by atoms with Crippen molar-refractivity contribution in [2.45, 2.75) is 41.4 Å². The molecule has 1 aromatic rings. The van der Waals surface area contributed by atoms with Crippen molar-refractivity contribution >= 4 is 49.2 Å². The van der Waals surface area contributed by atoms with Crippen LogP contribution in [-0.2, 0) is 10.0 Å². The Morgan fingerprint density at radius 1 is 1.20 bits per heavy atom. The first-order valence-corrected chi connectivity index (χ1v) is 9.52. The van der Waals surface area contributed by atoms with Crippen molar-refractivity contribution in [2.75, 3.05) is 7.05 Å². The summed E-state index contributed by atoms with van der Waals surface area (Å²) in [4.78, 5) is 0.374. The second-order valence-corrected chi connectivity index (χ2v) is 8.95. The lowest BCUT2D eigenvalue weighted by molar-refractivity contribution is 0.297. The Morgan fingerprint density at radius 3 is 2.45 bits per heavy atom. The summed E-state index contributed by atoms with van der Waals surface area (Å²) >= 11 is 15.3. The van der Waals surface area contributed by atoms with Gasteiger partial charge in [0, 0.05) is 17.9 Å². The van der Waals surface area contributed by atoms with E-state index < -0.39 is 10.0 Å². The lowest BCUT2D eigenvalue weighted by atomic mass is 9.96. The molecule has 1 aromatic carbocycles. The van der Waals surface area contributed by atoms with Crippen LogP contribution < -0.4 is 0 Å². The van der Waals surface area contributed by atoms with Gasteiger partial charge in [0.2, 0.25) is 10.0 Å². The van der Waals surface area contributed by atoms with Gasteiger partial charge in [-0.3, -0.25) is 0 Å². The molecule has 0 radical (unpaired) electrons. The predicted octanol–water partition coefficient (Wildman–Crippen LogP) is 4.32. The van der Waals surface area contributed by atoms with Gasteiger partial charge in [-0.1, -0.05) is 52.0 Å². The SMILES string of the molecule is CN(C1CCCCC1Br)S(=O)(=O)c1ccc(Cl)c(Cl)c1. The second-order valence-electron chi connectivity index (χ2n) is 4.96.